The summed E-state index contributed by atoms with van der Waals surface area (Å²) in [7, 11) is -2.58. The van der Waals surface area contributed by atoms with Crippen molar-refractivity contribution in [2.24, 2.45) is 0 Å². The fraction of sp³-hybridized carbons (Fsp3) is 0.143. The molecule has 1 aromatic rings. The summed E-state index contributed by atoms with van der Waals surface area (Å²) in [6, 6.07) is 8.05. The van der Waals surface area contributed by atoms with Crippen LogP contribution in [0.1, 0.15) is 0 Å². The molecule has 0 radical (unpaired) electrons. The van der Waals surface area contributed by atoms with Gasteiger partial charge in [0.05, 0.1) is 12.4 Å². The fourth-order valence-electron chi connectivity index (χ4n) is 0.760. The summed E-state index contributed by atoms with van der Waals surface area (Å²) in [6.07, 6.45) is 0. The molecule has 0 aromatic heterocycles. The SMILES string of the molecule is COOP(=O)(O)c1ccccc1. The van der Waals surface area contributed by atoms with Gasteiger partial charge >= 0.3 is 7.60 Å². The Morgan fingerprint density at radius 3 is 2.42 bits per heavy atom. The first-order chi connectivity index (χ1) is 5.67. The first kappa shape index (κ1) is 9.42. The Morgan fingerprint density at radius 1 is 1.33 bits per heavy atom. The van der Waals surface area contributed by atoms with Gasteiger partial charge in [0.2, 0.25) is 0 Å². The number of benzene rings is 1. The van der Waals surface area contributed by atoms with Gasteiger partial charge in [0.1, 0.15) is 0 Å². The molecule has 1 unspecified atom stereocenters. The molecule has 0 aliphatic carbocycles. The molecule has 0 fully saturated rings. The highest BCUT2D eigenvalue weighted by Gasteiger charge is 2.22. The second-order valence-electron chi connectivity index (χ2n) is 2.10. The van der Waals surface area contributed by atoms with E-state index in [-0.39, 0.29) is 5.30 Å². The van der Waals surface area contributed by atoms with E-state index in [0.717, 1.165) is 0 Å². The summed E-state index contributed by atoms with van der Waals surface area (Å²) in [4.78, 5) is 13.3. The van der Waals surface area contributed by atoms with Crippen molar-refractivity contribution in [3.63, 3.8) is 0 Å². The van der Waals surface area contributed by atoms with Crippen LogP contribution in [0.5, 0.6) is 0 Å². The molecule has 12 heavy (non-hydrogen) atoms. The van der Waals surface area contributed by atoms with Crippen molar-refractivity contribution in [3.05, 3.63) is 30.3 Å². The van der Waals surface area contributed by atoms with Gasteiger partial charge < -0.3 is 4.89 Å². The van der Waals surface area contributed by atoms with Gasteiger partial charge in [-0.05, 0) is 12.1 Å². The molecule has 0 heterocycles. The summed E-state index contributed by atoms with van der Waals surface area (Å²) in [6.45, 7) is 0. The zero-order chi connectivity index (χ0) is 9.03. The van der Waals surface area contributed by atoms with Gasteiger partial charge in [-0.3, -0.25) is 4.57 Å². The Balaban J connectivity index is 2.90. The summed E-state index contributed by atoms with van der Waals surface area (Å²) in [5.41, 5.74) is 0. The average Bonchev–Trinajstić information content (AvgIpc) is 2.06. The zero-order valence-corrected chi connectivity index (χ0v) is 7.40. The maximum atomic E-state index is 11.2. The summed E-state index contributed by atoms with van der Waals surface area (Å²) >= 11 is 0. The van der Waals surface area contributed by atoms with Crippen LogP contribution in [0.4, 0.5) is 0 Å². The number of rotatable bonds is 3. The highest BCUT2D eigenvalue weighted by molar-refractivity contribution is 7.61. The topological polar surface area (TPSA) is 55.8 Å². The van der Waals surface area contributed by atoms with E-state index in [9.17, 15) is 9.46 Å². The van der Waals surface area contributed by atoms with Crippen LogP contribution in [-0.4, -0.2) is 12.0 Å². The Bertz CT molecular complexity index is 285. The molecular weight excluding hydrogens is 179 g/mol. The van der Waals surface area contributed by atoms with Gasteiger partial charge in [-0.25, -0.2) is 4.89 Å². The molecule has 0 spiro atoms. The van der Waals surface area contributed by atoms with Crippen molar-refractivity contribution in [1.82, 2.24) is 0 Å². The van der Waals surface area contributed by atoms with E-state index >= 15 is 0 Å². The maximum absolute atomic E-state index is 11.2. The average molecular weight is 188 g/mol. The third-order valence-electron chi connectivity index (χ3n) is 1.26. The maximum Gasteiger partial charge on any atom is 0.385 e. The largest absolute Gasteiger partial charge is 0.385 e. The molecule has 0 amide bonds. The van der Waals surface area contributed by atoms with Gasteiger partial charge in [0, 0.05) is 0 Å². The Kier molecular flexibility index (Phi) is 3.00. The Hall–Kier alpha value is -0.670. The fourth-order valence-corrected chi connectivity index (χ4v) is 1.60. The van der Waals surface area contributed by atoms with E-state index in [1.54, 1.807) is 18.2 Å². The Morgan fingerprint density at radius 2 is 1.92 bits per heavy atom. The highest BCUT2D eigenvalue weighted by atomic mass is 31.2. The molecule has 66 valence electrons. The molecular formula is C7H9O4P. The van der Waals surface area contributed by atoms with Crippen LogP contribution in [0.3, 0.4) is 0 Å². The van der Waals surface area contributed by atoms with E-state index in [1.165, 1.54) is 19.2 Å². The van der Waals surface area contributed by atoms with Gasteiger partial charge in [0.25, 0.3) is 0 Å². The molecule has 0 saturated heterocycles. The lowest BCUT2D eigenvalue weighted by Crippen LogP contribution is -2.05. The lowest BCUT2D eigenvalue weighted by molar-refractivity contribution is -0.182. The Labute approximate surface area is 70.2 Å². The summed E-state index contributed by atoms with van der Waals surface area (Å²) in [5, 5.41) is 0.215. The molecule has 1 N–H and O–H groups in total. The lowest BCUT2D eigenvalue weighted by atomic mass is 10.4. The first-order valence-electron chi connectivity index (χ1n) is 3.27. The second kappa shape index (κ2) is 3.83. The molecule has 1 atom stereocenters. The van der Waals surface area contributed by atoms with Crippen molar-refractivity contribution >= 4 is 12.9 Å². The van der Waals surface area contributed by atoms with Crippen molar-refractivity contribution < 1.29 is 19.0 Å². The minimum absolute atomic E-state index is 0.215. The minimum Gasteiger partial charge on any atom is -0.319 e. The summed E-state index contributed by atoms with van der Waals surface area (Å²) in [5.74, 6) is 0. The molecule has 4 nitrogen and oxygen atoms in total. The van der Waals surface area contributed by atoms with E-state index in [2.05, 4.69) is 9.56 Å². The van der Waals surface area contributed by atoms with E-state index in [4.69, 9.17) is 0 Å². The van der Waals surface area contributed by atoms with Crippen LogP contribution in [0.25, 0.3) is 0 Å². The lowest BCUT2D eigenvalue weighted by Gasteiger charge is -2.07. The third-order valence-corrected chi connectivity index (χ3v) is 2.56. The van der Waals surface area contributed by atoms with Crippen molar-refractivity contribution in [3.8, 4) is 0 Å². The first-order valence-corrected chi connectivity index (χ1v) is 4.85. The van der Waals surface area contributed by atoms with Crippen LogP contribution >= 0.6 is 7.60 Å². The van der Waals surface area contributed by atoms with E-state index in [1.807, 2.05) is 0 Å². The van der Waals surface area contributed by atoms with Crippen molar-refractivity contribution in [2.75, 3.05) is 7.11 Å². The molecule has 1 aromatic carbocycles. The molecule has 0 bridgehead atoms. The van der Waals surface area contributed by atoms with E-state index in [0.29, 0.717) is 0 Å². The van der Waals surface area contributed by atoms with Gasteiger partial charge in [-0.15, -0.1) is 4.67 Å². The summed E-state index contributed by atoms with van der Waals surface area (Å²) < 4.78 is 15.5. The van der Waals surface area contributed by atoms with Crippen molar-refractivity contribution in [1.29, 1.82) is 0 Å². The minimum atomic E-state index is -3.77. The molecule has 5 heteroatoms. The van der Waals surface area contributed by atoms with Crippen LogP contribution in [0, 0.1) is 0 Å². The monoisotopic (exact) mass is 188 g/mol. The zero-order valence-electron chi connectivity index (χ0n) is 6.51. The van der Waals surface area contributed by atoms with Crippen LogP contribution < -0.4 is 5.30 Å². The van der Waals surface area contributed by atoms with Gasteiger partial charge in [0.15, 0.2) is 0 Å². The van der Waals surface area contributed by atoms with Crippen LogP contribution in [-0.2, 0) is 14.1 Å². The molecule has 0 saturated carbocycles. The molecule has 0 aliphatic heterocycles. The predicted molar refractivity (Wildman–Crippen MR) is 44.0 cm³/mol. The highest BCUT2D eigenvalue weighted by Crippen LogP contribution is 2.40. The number of hydrogen-bond donors (Lipinski definition) is 1. The predicted octanol–water partition coefficient (Wildman–Crippen LogP) is 1.08. The third kappa shape index (κ3) is 2.16. The normalized spacial score (nSPS) is 15.5. The van der Waals surface area contributed by atoms with Crippen molar-refractivity contribution in [2.45, 2.75) is 0 Å². The van der Waals surface area contributed by atoms with Gasteiger partial charge in [-0.1, -0.05) is 18.2 Å². The van der Waals surface area contributed by atoms with Gasteiger partial charge in [-0.2, -0.15) is 0 Å². The molecule has 0 aliphatic rings. The van der Waals surface area contributed by atoms with Crippen LogP contribution in [0.15, 0.2) is 30.3 Å². The van der Waals surface area contributed by atoms with E-state index < -0.39 is 7.60 Å². The quantitative estimate of drug-likeness (QED) is 0.438. The second-order valence-corrected chi connectivity index (χ2v) is 3.80. The molecule has 1 rings (SSSR count). The smallest absolute Gasteiger partial charge is 0.319 e. The van der Waals surface area contributed by atoms with Crippen LogP contribution in [0.2, 0.25) is 0 Å². The number of hydrogen-bond acceptors (Lipinski definition) is 3. The standard InChI is InChI=1S/C7H9O4P/c1-10-11-12(8,9)7-5-3-2-4-6-7/h2-6H,1H3,(H,8,9).